The molecule has 124 valence electrons. The molecule has 9 nitrogen and oxygen atoms in total. The number of carbonyl (C=O) groups excluding carboxylic acids is 1. The summed E-state index contributed by atoms with van der Waals surface area (Å²) >= 11 is 0. The molecule has 0 bridgehead atoms. The molecule has 2 unspecified atom stereocenters. The minimum atomic E-state index is -2.09. The zero-order chi connectivity index (χ0) is 16.5. The van der Waals surface area contributed by atoms with E-state index in [1.165, 1.54) is 6.92 Å². The fourth-order valence-corrected chi connectivity index (χ4v) is 2.11. The summed E-state index contributed by atoms with van der Waals surface area (Å²) < 4.78 is 5.07. The molecule has 0 aliphatic carbocycles. The van der Waals surface area contributed by atoms with E-state index in [0.29, 0.717) is 0 Å². The van der Waals surface area contributed by atoms with Crippen LogP contribution in [-0.4, -0.2) is 96.5 Å². The second-order valence-corrected chi connectivity index (χ2v) is 5.30. The Morgan fingerprint density at radius 1 is 1.00 bits per heavy atom. The van der Waals surface area contributed by atoms with E-state index in [1.54, 1.807) is 0 Å². The van der Waals surface area contributed by atoms with Crippen LogP contribution in [0.5, 0.6) is 0 Å². The van der Waals surface area contributed by atoms with Gasteiger partial charge < -0.3 is 40.5 Å². The Morgan fingerprint density at radius 3 is 2.00 bits per heavy atom. The minimum absolute atomic E-state index is 0.963. The summed E-state index contributed by atoms with van der Waals surface area (Å²) in [5.41, 5.74) is 0. The van der Waals surface area contributed by atoms with E-state index in [4.69, 9.17) is 9.84 Å². The fraction of sp³-hybridized carbons (Fsp3) is 0.917. The standard InChI is InChI=1S/C12H22O9/c1-3(13)5(14)7(16)9(18)11(20)12-10(19)8(17)6(15)4(2)21-12/h3-8,10-17,19-20H,1-2H3/t3-,4-,5+,6+,7+,8+,10-,11?,12?/m0/s1. The third-order valence-corrected chi connectivity index (χ3v) is 3.60. The maximum Gasteiger partial charge on any atom is 0.195 e. The van der Waals surface area contributed by atoms with Crippen LogP contribution in [0, 0.1) is 0 Å². The normalized spacial score (nSPS) is 39.4. The first kappa shape index (κ1) is 18.4. The van der Waals surface area contributed by atoms with Crippen LogP contribution in [-0.2, 0) is 9.53 Å². The summed E-state index contributed by atoms with van der Waals surface area (Å²) in [5.74, 6) is -1.27. The van der Waals surface area contributed by atoms with Gasteiger partial charge in [0, 0.05) is 0 Å². The predicted molar refractivity (Wildman–Crippen MR) is 67.1 cm³/mol. The van der Waals surface area contributed by atoms with Crippen molar-refractivity contribution >= 4 is 5.78 Å². The number of hydrogen-bond acceptors (Lipinski definition) is 9. The summed E-state index contributed by atoms with van der Waals surface area (Å²) in [6.45, 7) is 2.51. The Hall–Kier alpha value is -0.650. The summed E-state index contributed by atoms with van der Waals surface area (Å²) in [6, 6.07) is 0. The van der Waals surface area contributed by atoms with Gasteiger partial charge in [-0.25, -0.2) is 0 Å². The average molecular weight is 310 g/mol. The molecule has 7 N–H and O–H groups in total. The summed E-state index contributed by atoms with van der Waals surface area (Å²) in [6.07, 6.45) is -14.7. The molecule has 1 heterocycles. The highest BCUT2D eigenvalue weighted by Crippen LogP contribution is 2.24. The Morgan fingerprint density at radius 2 is 1.52 bits per heavy atom. The van der Waals surface area contributed by atoms with Crippen molar-refractivity contribution in [1.29, 1.82) is 0 Å². The monoisotopic (exact) mass is 310 g/mol. The van der Waals surface area contributed by atoms with Crippen molar-refractivity contribution < 1.29 is 45.3 Å². The smallest absolute Gasteiger partial charge is 0.195 e. The molecule has 0 spiro atoms. The van der Waals surface area contributed by atoms with E-state index in [2.05, 4.69) is 0 Å². The summed E-state index contributed by atoms with van der Waals surface area (Å²) in [5, 5.41) is 66.8. The number of carbonyl (C=O) groups is 1. The molecule has 0 aromatic carbocycles. The Bertz CT molecular complexity index is 361. The van der Waals surface area contributed by atoms with Crippen LogP contribution in [0.15, 0.2) is 0 Å². The van der Waals surface area contributed by atoms with Gasteiger partial charge in [-0.2, -0.15) is 0 Å². The van der Waals surface area contributed by atoms with Gasteiger partial charge in [0.15, 0.2) is 5.78 Å². The van der Waals surface area contributed by atoms with Gasteiger partial charge in [0.1, 0.15) is 42.7 Å². The highest BCUT2D eigenvalue weighted by atomic mass is 16.5. The molecule has 1 fully saturated rings. The van der Waals surface area contributed by atoms with Gasteiger partial charge in [0.2, 0.25) is 0 Å². The Labute approximate surface area is 121 Å². The van der Waals surface area contributed by atoms with Crippen molar-refractivity contribution in [2.45, 2.75) is 68.8 Å². The van der Waals surface area contributed by atoms with Crippen LogP contribution in [0.25, 0.3) is 0 Å². The molecule has 1 rings (SSSR count). The highest BCUT2D eigenvalue weighted by molar-refractivity contribution is 5.88. The van der Waals surface area contributed by atoms with Gasteiger partial charge in [-0.15, -0.1) is 0 Å². The first-order chi connectivity index (χ1) is 9.59. The number of Topliss-reactive ketones (excluding diaryl/α,β-unsaturated/α-hetero) is 1. The molecule has 1 aliphatic heterocycles. The van der Waals surface area contributed by atoms with E-state index in [9.17, 15) is 35.4 Å². The van der Waals surface area contributed by atoms with E-state index in [-0.39, 0.29) is 0 Å². The lowest BCUT2D eigenvalue weighted by Crippen LogP contribution is -2.62. The molecule has 1 aliphatic rings. The average Bonchev–Trinajstić information content (AvgIpc) is 2.45. The Balaban J connectivity index is 2.82. The van der Waals surface area contributed by atoms with Gasteiger partial charge >= 0.3 is 0 Å². The third-order valence-electron chi connectivity index (χ3n) is 3.60. The third kappa shape index (κ3) is 3.76. The molecule has 0 aromatic rings. The highest BCUT2D eigenvalue weighted by Gasteiger charge is 2.48. The van der Waals surface area contributed by atoms with Crippen LogP contribution in [0.2, 0.25) is 0 Å². The quantitative estimate of drug-likeness (QED) is 0.267. The first-order valence-corrected chi connectivity index (χ1v) is 6.55. The number of rotatable bonds is 5. The van der Waals surface area contributed by atoms with Crippen LogP contribution >= 0.6 is 0 Å². The van der Waals surface area contributed by atoms with Crippen molar-refractivity contribution in [2.75, 3.05) is 0 Å². The zero-order valence-electron chi connectivity index (χ0n) is 11.6. The molecule has 9 atom stereocenters. The van der Waals surface area contributed by atoms with Crippen molar-refractivity contribution in [1.82, 2.24) is 0 Å². The molecule has 0 amide bonds. The van der Waals surface area contributed by atoms with Gasteiger partial charge in [0.25, 0.3) is 0 Å². The maximum atomic E-state index is 11.8. The van der Waals surface area contributed by atoms with E-state index in [1.807, 2.05) is 0 Å². The van der Waals surface area contributed by atoms with Gasteiger partial charge in [-0.05, 0) is 13.8 Å². The number of aliphatic hydroxyl groups excluding tert-OH is 7. The minimum Gasteiger partial charge on any atom is -0.391 e. The molecule has 0 aromatic heterocycles. The van der Waals surface area contributed by atoms with Crippen molar-refractivity contribution in [3.63, 3.8) is 0 Å². The summed E-state index contributed by atoms with van der Waals surface area (Å²) in [4.78, 5) is 11.8. The molecule has 0 radical (unpaired) electrons. The number of ketones is 1. The van der Waals surface area contributed by atoms with Crippen LogP contribution in [0.4, 0.5) is 0 Å². The van der Waals surface area contributed by atoms with Crippen molar-refractivity contribution in [3.8, 4) is 0 Å². The fourth-order valence-electron chi connectivity index (χ4n) is 2.11. The van der Waals surface area contributed by atoms with Crippen LogP contribution in [0.1, 0.15) is 13.8 Å². The van der Waals surface area contributed by atoms with Crippen LogP contribution in [0.3, 0.4) is 0 Å². The maximum absolute atomic E-state index is 11.8. The van der Waals surface area contributed by atoms with Crippen molar-refractivity contribution in [2.24, 2.45) is 0 Å². The number of hydrogen-bond donors (Lipinski definition) is 7. The lowest BCUT2D eigenvalue weighted by atomic mass is 9.89. The molecule has 0 saturated carbocycles. The van der Waals surface area contributed by atoms with Crippen molar-refractivity contribution in [3.05, 3.63) is 0 Å². The van der Waals surface area contributed by atoms with Gasteiger partial charge in [-0.1, -0.05) is 0 Å². The predicted octanol–water partition coefficient (Wildman–Crippen LogP) is -4.11. The lowest BCUT2D eigenvalue weighted by Gasteiger charge is -2.41. The van der Waals surface area contributed by atoms with E-state index < -0.39 is 60.7 Å². The topological polar surface area (TPSA) is 168 Å². The first-order valence-electron chi connectivity index (χ1n) is 6.55. The molecule has 1 saturated heterocycles. The molecule has 21 heavy (non-hydrogen) atoms. The largest absolute Gasteiger partial charge is 0.391 e. The SMILES string of the molecule is C[C@H](O)[C@@H](O)[C@@H](O)C(=O)C(O)C1O[C@@H](C)[C@@H](O)[C@@H](O)[C@@H]1O. The number of aliphatic hydroxyl groups is 7. The number of ether oxygens (including phenoxy) is 1. The Kier molecular flexibility index (Phi) is 6.20. The second kappa shape index (κ2) is 7.07. The van der Waals surface area contributed by atoms with Gasteiger partial charge in [-0.3, -0.25) is 4.79 Å². The lowest BCUT2D eigenvalue weighted by molar-refractivity contribution is -0.238. The zero-order valence-corrected chi connectivity index (χ0v) is 11.6. The van der Waals surface area contributed by atoms with Crippen LogP contribution < -0.4 is 0 Å². The molecular formula is C12H22O9. The second-order valence-electron chi connectivity index (χ2n) is 5.30. The molecular weight excluding hydrogens is 288 g/mol. The summed E-state index contributed by atoms with van der Waals surface area (Å²) in [7, 11) is 0. The molecule has 9 heteroatoms. The van der Waals surface area contributed by atoms with E-state index >= 15 is 0 Å². The van der Waals surface area contributed by atoms with Gasteiger partial charge in [0.05, 0.1) is 12.2 Å². The van der Waals surface area contributed by atoms with E-state index in [0.717, 1.165) is 6.92 Å².